The molecule has 0 rings (SSSR count). The summed E-state index contributed by atoms with van der Waals surface area (Å²) in [7, 11) is 0. The van der Waals surface area contributed by atoms with E-state index in [9.17, 15) is 0 Å². The van der Waals surface area contributed by atoms with Crippen molar-refractivity contribution in [3.8, 4) is 0 Å². The van der Waals surface area contributed by atoms with E-state index in [4.69, 9.17) is 11.6 Å². The Morgan fingerprint density at radius 1 is 1.23 bits per heavy atom. The lowest BCUT2D eigenvalue weighted by Crippen LogP contribution is -2.15. The molecule has 0 fully saturated rings. The molecule has 0 aromatic rings. The first kappa shape index (κ1) is 13.0. The van der Waals surface area contributed by atoms with Gasteiger partial charge in [-0.2, -0.15) is 0 Å². The number of hydrogen-bond donors (Lipinski definition) is 1. The molecule has 0 saturated carbocycles. The summed E-state index contributed by atoms with van der Waals surface area (Å²) in [6.07, 6.45) is 8.02. The van der Waals surface area contributed by atoms with E-state index < -0.39 is 0 Å². The van der Waals surface area contributed by atoms with Gasteiger partial charge in [0, 0.05) is 12.4 Å². The maximum absolute atomic E-state index is 5.48. The summed E-state index contributed by atoms with van der Waals surface area (Å²) in [5.41, 5.74) is 0. The summed E-state index contributed by atoms with van der Waals surface area (Å²) in [5.74, 6) is 1.46. The van der Waals surface area contributed by atoms with Gasteiger partial charge in [-0.15, -0.1) is 11.6 Å². The summed E-state index contributed by atoms with van der Waals surface area (Å²) in [4.78, 5) is 0. The molecule has 0 saturated heterocycles. The Kier molecular flexibility index (Phi) is 10.1. The van der Waals surface area contributed by atoms with Crippen LogP contribution in [-0.4, -0.2) is 19.0 Å². The van der Waals surface area contributed by atoms with Crippen molar-refractivity contribution in [3.05, 3.63) is 12.2 Å². The number of halogens is 1. The predicted molar refractivity (Wildman–Crippen MR) is 61.4 cm³/mol. The van der Waals surface area contributed by atoms with Crippen LogP contribution >= 0.6 is 11.6 Å². The molecule has 0 atom stereocenters. The number of nitrogens with one attached hydrogen (secondary N) is 1. The minimum absolute atomic E-state index is 0.620. The predicted octanol–water partition coefficient (Wildman–Crippen LogP) is 3.20. The minimum Gasteiger partial charge on any atom is -0.313 e. The number of alkyl halides is 1. The molecular weight excluding hydrogens is 182 g/mol. The van der Waals surface area contributed by atoms with Crippen molar-refractivity contribution in [2.24, 2.45) is 5.92 Å². The number of rotatable bonds is 8. The summed E-state index contributed by atoms with van der Waals surface area (Å²) < 4.78 is 0. The Bertz CT molecular complexity index is 121. The Labute approximate surface area is 87.6 Å². The Balaban J connectivity index is 2.95. The molecule has 0 aliphatic heterocycles. The zero-order chi connectivity index (χ0) is 9.94. The molecule has 0 radical (unpaired) electrons. The van der Waals surface area contributed by atoms with E-state index >= 15 is 0 Å². The lowest BCUT2D eigenvalue weighted by Gasteiger charge is -2.04. The topological polar surface area (TPSA) is 12.0 Å². The normalized spacial score (nSPS) is 11.7. The highest BCUT2D eigenvalue weighted by Gasteiger charge is 1.92. The number of unbranched alkanes of at least 4 members (excludes halogenated alkanes) is 1. The second kappa shape index (κ2) is 10.1. The van der Waals surface area contributed by atoms with Crippen LogP contribution in [0.5, 0.6) is 0 Å². The van der Waals surface area contributed by atoms with Crippen LogP contribution in [0.3, 0.4) is 0 Å². The van der Waals surface area contributed by atoms with Crippen molar-refractivity contribution in [1.29, 1.82) is 0 Å². The van der Waals surface area contributed by atoms with Gasteiger partial charge in [0.15, 0.2) is 0 Å². The molecule has 2 heteroatoms. The van der Waals surface area contributed by atoms with E-state index in [-0.39, 0.29) is 0 Å². The first-order chi connectivity index (χ1) is 6.27. The van der Waals surface area contributed by atoms with Crippen LogP contribution in [-0.2, 0) is 0 Å². The van der Waals surface area contributed by atoms with Gasteiger partial charge in [0.2, 0.25) is 0 Å². The van der Waals surface area contributed by atoms with Crippen molar-refractivity contribution >= 4 is 11.6 Å². The van der Waals surface area contributed by atoms with Crippen molar-refractivity contribution in [2.75, 3.05) is 19.0 Å². The molecule has 1 N–H and O–H groups in total. The number of hydrogen-bond acceptors (Lipinski definition) is 1. The lowest BCUT2D eigenvalue weighted by molar-refractivity contribution is 0.527. The van der Waals surface area contributed by atoms with Crippen LogP contribution in [0, 0.1) is 5.92 Å². The SMILES string of the molecule is CC(C)CCCCNC/C=C/CCl. The van der Waals surface area contributed by atoms with E-state index in [0.717, 1.165) is 19.0 Å². The standard InChI is InChI=1S/C11H22ClN/c1-11(2)7-3-5-9-13-10-6-4-8-12/h4,6,11,13H,3,5,7-10H2,1-2H3/b6-4+. The van der Waals surface area contributed by atoms with Crippen molar-refractivity contribution in [2.45, 2.75) is 33.1 Å². The zero-order valence-electron chi connectivity index (χ0n) is 8.85. The van der Waals surface area contributed by atoms with Crippen LogP contribution in [0.1, 0.15) is 33.1 Å². The molecule has 78 valence electrons. The fourth-order valence-electron chi connectivity index (χ4n) is 1.13. The van der Waals surface area contributed by atoms with Gasteiger partial charge in [0.1, 0.15) is 0 Å². The molecule has 0 aromatic carbocycles. The van der Waals surface area contributed by atoms with Crippen molar-refractivity contribution in [1.82, 2.24) is 5.32 Å². The molecular formula is C11H22ClN. The van der Waals surface area contributed by atoms with Crippen LogP contribution < -0.4 is 5.32 Å². The Morgan fingerprint density at radius 3 is 2.62 bits per heavy atom. The van der Waals surface area contributed by atoms with Gasteiger partial charge in [0.25, 0.3) is 0 Å². The van der Waals surface area contributed by atoms with Crippen molar-refractivity contribution < 1.29 is 0 Å². The molecule has 1 nitrogen and oxygen atoms in total. The first-order valence-corrected chi connectivity index (χ1v) is 5.72. The largest absolute Gasteiger partial charge is 0.313 e. The van der Waals surface area contributed by atoms with Gasteiger partial charge in [-0.05, 0) is 18.9 Å². The van der Waals surface area contributed by atoms with E-state index in [2.05, 4.69) is 25.2 Å². The molecule has 0 aliphatic carbocycles. The second-order valence-corrected chi connectivity index (χ2v) is 4.03. The average molecular weight is 204 g/mol. The minimum atomic E-state index is 0.620. The fourth-order valence-corrected chi connectivity index (χ4v) is 1.26. The molecule has 0 aromatic heterocycles. The molecule has 0 aliphatic rings. The molecule has 0 amide bonds. The summed E-state index contributed by atoms with van der Waals surface area (Å²) >= 11 is 5.48. The quantitative estimate of drug-likeness (QED) is 0.363. The summed E-state index contributed by atoms with van der Waals surface area (Å²) in [6.45, 7) is 6.63. The summed E-state index contributed by atoms with van der Waals surface area (Å²) in [5, 5.41) is 3.35. The third kappa shape index (κ3) is 12.0. The van der Waals surface area contributed by atoms with E-state index in [1.165, 1.54) is 19.3 Å². The monoisotopic (exact) mass is 203 g/mol. The molecule has 13 heavy (non-hydrogen) atoms. The molecule has 0 spiro atoms. The highest BCUT2D eigenvalue weighted by Crippen LogP contribution is 2.04. The third-order valence-corrected chi connectivity index (χ3v) is 2.08. The maximum atomic E-state index is 5.48. The lowest BCUT2D eigenvalue weighted by atomic mass is 10.1. The average Bonchev–Trinajstić information content (AvgIpc) is 2.09. The Hall–Kier alpha value is -0.0100. The van der Waals surface area contributed by atoms with Crippen LogP contribution in [0.15, 0.2) is 12.2 Å². The van der Waals surface area contributed by atoms with Gasteiger partial charge in [-0.3, -0.25) is 0 Å². The van der Waals surface area contributed by atoms with Crippen LogP contribution in [0.4, 0.5) is 0 Å². The molecule has 0 bridgehead atoms. The van der Waals surface area contributed by atoms with Gasteiger partial charge in [-0.25, -0.2) is 0 Å². The van der Waals surface area contributed by atoms with E-state index in [1.54, 1.807) is 0 Å². The Morgan fingerprint density at radius 2 is 2.00 bits per heavy atom. The summed E-state index contributed by atoms with van der Waals surface area (Å²) in [6, 6.07) is 0. The van der Waals surface area contributed by atoms with Gasteiger partial charge in [-0.1, -0.05) is 38.8 Å². The smallest absolute Gasteiger partial charge is 0.0404 e. The van der Waals surface area contributed by atoms with E-state index in [1.807, 2.05) is 6.08 Å². The second-order valence-electron chi connectivity index (χ2n) is 3.72. The van der Waals surface area contributed by atoms with Gasteiger partial charge < -0.3 is 5.32 Å². The first-order valence-electron chi connectivity index (χ1n) is 5.19. The maximum Gasteiger partial charge on any atom is 0.0404 e. The molecule has 0 unspecified atom stereocenters. The third-order valence-electron chi connectivity index (χ3n) is 1.90. The highest BCUT2D eigenvalue weighted by atomic mass is 35.5. The zero-order valence-corrected chi connectivity index (χ0v) is 9.61. The van der Waals surface area contributed by atoms with Gasteiger partial charge in [0.05, 0.1) is 0 Å². The van der Waals surface area contributed by atoms with Crippen LogP contribution in [0.25, 0.3) is 0 Å². The van der Waals surface area contributed by atoms with Gasteiger partial charge >= 0.3 is 0 Å². The fraction of sp³-hybridized carbons (Fsp3) is 0.818. The van der Waals surface area contributed by atoms with E-state index in [0.29, 0.717) is 5.88 Å². The highest BCUT2D eigenvalue weighted by molar-refractivity contribution is 6.18. The van der Waals surface area contributed by atoms with Crippen LogP contribution in [0.2, 0.25) is 0 Å². The number of allylic oxidation sites excluding steroid dienone is 1. The van der Waals surface area contributed by atoms with Crippen molar-refractivity contribution in [3.63, 3.8) is 0 Å². The molecule has 0 heterocycles.